The van der Waals surface area contributed by atoms with Gasteiger partial charge >= 0.3 is 0 Å². The van der Waals surface area contributed by atoms with Crippen molar-refractivity contribution in [2.75, 3.05) is 25.5 Å². The summed E-state index contributed by atoms with van der Waals surface area (Å²) in [6, 6.07) is 17.7. The second-order valence-electron chi connectivity index (χ2n) is 11.5. The molecule has 2 aliphatic heterocycles. The lowest BCUT2D eigenvalue weighted by molar-refractivity contribution is -0.142. The first-order valence-corrected chi connectivity index (χ1v) is 14.5. The molecule has 0 aliphatic carbocycles. The molecule has 41 heavy (non-hydrogen) atoms. The number of aryl methyl sites for hydroxylation is 1. The van der Waals surface area contributed by atoms with Gasteiger partial charge in [0.1, 0.15) is 12.1 Å². The maximum atomic E-state index is 13.9. The van der Waals surface area contributed by atoms with Crippen LogP contribution in [0.4, 0.5) is 5.69 Å². The van der Waals surface area contributed by atoms with Gasteiger partial charge in [-0.3, -0.25) is 24.3 Å². The van der Waals surface area contributed by atoms with Crippen molar-refractivity contribution in [3.05, 3.63) is 72.4 Å². The molecule has 5 rings (SSSR count). The van der Waals surface area contributed by atoms with Gasteiger partial charge in [-0.1, -0.05) is 55.5 Å². The number of hydrogen-bond donors (Lipinski definition) is 3. The number of fused-ring (bicyclic) bond motifs is 1. The van der Waals surface area contributed by atoms with Crippen molar-refractivity contribution in [3.8, 4) is 0 Å². The Bertz CT molecular complexity index is 1380. The average molecular weight is 558 g/mol. The summed E-state index contributed by atoms with van der Waals surface area (Å²) >= 11 is 0. The monoisotopic (exact) mass is 557 g/mol. The SMILES string of the molecule is CC1CCN(C)C(C(=O)N2CC(NC(=O)C(O)CCc3ccccc3)CC2C(=O)Nc2cnc3ccccc3c2)C1. The number of likely N-dealkylation sites (N-methyl/N-ethyl adjacent to an activating group) is 1. The maximum Gasteiger partial charge on any atom is 0.249 e. The fraction of sp³-hybridized carbons (Fsp3) is 0.438. The summed E-state index contributed by atoms with van der Waals surface area (Å²) in [7, 11) is 1.95. The number of aliphatic hydroxyl groups is 1. The van der Waals surface area contributed by atoms with Crippen LogP contribution < -0.4 is 10.6 Å². The van der Waals surface area contributed by atoms with E-state index in [-0.39, 0.29) is 37.2 Å². The predicted molar refractivity (Wildman–Crippen MR) is 158 cm³/mol. The van der Waals surface area contributed by atoms with Crippen LogP contribution in [0.25, 0.3) is 10.9 Å². The Kier molecular flexibility index (Phi) is 8.95. The largest absolute Gasteiger partial charge is 0.383 e. The van der Waals surface area contributed by atoms with Crippen LogP contribution in [0.2, 0.25) is 0 Å². The van der Waals surface area contributed by atoms with Crippen LogP contribution in [0.5, 0.6) is 0 Å². The highest BCUT2D eigenvalue weighted by molar-refractivity contribution is 5.99. The number of rotatable bonds is 8. The van der Waals surface area contributed by atoms with Crippen LogP contribution in [-0.2, 0) is 20.8 Å². The van der Waals surface area contributed by atoms with E-state index in [0.717, 1.165) is 35.9 Å². The van der Waals surface area contributed by atoms with Crippen molar-refractivity contribution in [2.24, 2.45) is 5.92 Å². The predicted octanol–water partition coefficient (Wildman–Crippen LogP) is 2.98. The van der Waals surface area contributed by atoms with Crippen molar-refractivity contribution in [2.45, 2.75) is 63.3 Å². The molecule has 9 nitrogen and oxygen atoms in total. The van der Waals surface area contributed by atoms with E-state index >= 15 is 0 Å². The van der Waals surface area contributed by atoms with E-state index < -0.39 is 24.1 Å². The highest BCUT2D eigenvalue weighted by Gasteiger charge is 2.44. The van der Waals surface area contributed by atoms with Crippen molar-refractivity contribution < 1.29 is 19.5 Å². The minimum atomic E-state index is -1.18. The number of benzene rings is 2. The molecule has 0 bridgehead atoms. The maximum absolute atomic E-state index is 13.9. The smallest absolute Gasteiger partial charge is 0.249 e. The van der Waals surface area contributed by atoms with Crippen molar-refractivity contribution >= 4 is 34.3 Å². The Morgan fingerprint density at radius 2 is 1.80 bits per heavy atom. The Hall–Kier alpha value is -3.82. The number of likely N-dealkylation sites (tertiary alicyclic amines) is 2. The lowest BCUT2D eigenvalue weighted by Gasteiger charge is -2.38. The molecule has 2 saturated heterocycles. The van der Waals surface area contributed by atoms with Crippen LogP contribution in [0.15, 0.2) is 66.9 Å². The number of nitrogens with zero attached hydrogens (tertiary/aromatic N) is 3. The number of carbonyl (C=O) groups is 3. The molecular formula is C32H39N5O4. The fourth-order valence-electron chi connectivity index (χ4n) is 5.91. The van der Waals surface area contributed by atoms with Gasteiger partial charge in [0, 0.05) is 18.0 Å². The second kappa shape index (κ2) is 12.8. The third kappa shape index (κ3) is 6.92. The van der Waals surface area contributed by atoms with Crippen LogP contribution in [0.1, 0.15) is 38.2 Å². The van der Waals surface area contributed by atoms with Gasteiger partial charge < -0.3 is 20.6 Å². The first-order valence-electron chi connectivity index (χ1n) is 14.5. The topological polar surface area (TPSA) is 115 Å². The third-order valence-electron chi connectivity index (χ3n) is 8.36. The highest BCUT2D eigenvalue weighted by atomic mass is 16.3. The summed E-state index contributed by atoms with van der Waals surface area (Å²) < 4.78 is 0. The summed E-state index contributed by atoms with van der Waals surface area (Å²) in [5, 5.41) is 17.3. The van der Waals surface area contributed by atoms with Gasteiger partial charge in [0.15, 0.2) is 0 Å². The number of hydrogen-bond acceptors (Lipinski definition) is 6. The highest BCUT2D eigenvalue weighted by Crippen LogP contribution is 2.28. The number of anilines is 1. The Morgan fingerprint density at radius 3 is 2.61 bits per heavy atom. The zero-order valence-corrected chi connectivity index (χ0v) is 23.7. The number of amides is 3. The first kappa shape index (κ1) is 28.7. The summed E-state index contributed by atoms with van der Waals surface area (Å²) in [6.07, 6.45) is 3.31. The van der Waals surface area contributed by atoms with Gasteiger partial charge in [-0.25, -0.2) is 0 Å². The van der Waals surface area contributed by atoms with Gasteiger partial charge in [0.2, 0.25) is 17.7 Å². The Labute approximate surface area is 240 Å². The zero-order chi connectivity index (χ0) is 28.9. The third-order valence-corrected chi connectivity index (χ3v) is 8.36. The molecule has 3 N–H and O–H groups in total. The zero-order valence-electron chi connectivity index (χ0n) is 23.7. The average Bonchev–Trinajstić information content (AvgIpc) is 3.41. The molecule has 2 aliphatic rings. The molecule has 1 aromatic heterocycles. The fourth-order valence-corrected chi connectivity index (χ4v) is 5.91. The summed E-state index contributed by atoms with van der Waals surface area (Å²) in [5.74, 6) is -0.490. The van der Waals surface area contributed by atoms with E-state index in [1.807, 2.05) is 67.7 Å². The number of carbonyl (C=O) groups excluding carboxylic acids is 3. The van der Waals surface area contributed by atoms with Crippen molar-refractivity contribution in [1.82, 2.24) is 20.1 Å². The first-order chi connectivity index (χ1) is 19.8. The lowest BCUT2D eigenvalue weighted by atomic mass is 9.92. The van der Waals surface area contributed by atoms with Gasteiger partial charge in [0.25, 0.3) is 0 Å². The Morgan fingerprint density at radius 1 is 1.05 bits per heavy atom. The lowest BCUT2D eigenvalue weighted by Crippen LogP contribution is -2.54. The minimum absolute atomic E-state index is 0.0998. The summed E-state index contributed by atoms with van der Waals surface area (Å²) in [4.78, 5) is 48.5. The molecule has 2 fully saturated rings. The number of nitrogens with one attached hydrogen (secondary N) is 2. The summed E-state index contributed by atoms with van der Waals surface area (Å²) in [5.41, 5.74) is 2.42. The van der Waals surface area contributed by atoms with E-state index in [9.17, 15) is 19.5 Å². The van der Waals surface area contributed by atoms with Gasteiger partial charge in [-0.05, 0) is 69.3 Å². The number of aliphatic hydroxyl groups excluding tert-OH is 1. The van der Waals surface area contributed by atoms with E-state index in [0.29, 0.717) is 18.0 Å². The van der Waals surface area contributed by atoms with E-state index in [4.69, 9.17) is 0 Å². The molecule has 0 radical (unpaired) electrons. The van der Waals surface area contributed by atoms with Gasteiger partial charge in [0.05, 0.1) is 23.4 Å². The minimum Gasteiger partial charge on any atom is -0.383 e. The molecule has 3 heterocycles. The van der Waals surface area contributed by atoms with E-state index in [1.165, 1.54) is 0 Å². The molecule has 0 spiro atoms. The van der Waals surface area contributed by atoms with E-state index in [2.05, 4.69) is 27.4 Å². The number of pyridine rings is 1. The molecule has 216 valence electrons. The standard InChI is InChI=1S/C32H39N5O4/c1-21-14-15-36(2)28(16-21)32(41)37-20-25(35-31(40)29(38)13-12-22-8-4-3-5-9-22)18-27(37)30(39)34-24-17-23-10-6-7-11-26(23)33-19-24/h3-11,17,19,21,25,27-29,38H,12-16,18,20H2,1-2H3,(H,34,39)(H,35,40). The molecule has 5 unspecified atom stereocenters. The summed E-state index contributed by atoms with van der Waals surface area (Å²) in [6.45, 7) is 3.18. The van der Waals surface area contributed by atoms with Crippen molar-refractivity contribution in [1.29, 1.82) is 0 Å². The van der Waals surface area contributed by atoms with Crippen LogP contribution in [-0.4, -0.2) is 82.0 Å². The van der Waals surface area contributed by atoms with Crippen molar-refractivity contribution in [3.63, 3.8) is 0 Å². The number of piperidine rings is 1. The van der Waals surface area contributed by atoms with Crippen LogP contribution >= 0.6 is 0 Å². The molecule has 3 amide bonds. The molecular weight excluding hydrogens is 518 g/mol. The molecule has 0 saturated carbocycles. The molecule has 3 aromatic rings. The van der Waals surface area contributed by atoms with Crippen LogP contribution in [0, 0.1) is 5.92 Å². The van der Waals surface area contributed by atoms with Crippen LogP contribution in [0.3, 0.4) is 0 Å². The quantitative estimate of drug-likeness (QED) is 0.392. The Balaban J connectivity index is 1.29. The van der Waals surface area contributed by atoms with E-state index in [1.54, 1.807) is 11.1 Å². The molecule has 5 atom stereocenters. The second-order valence-corrected chi connectivity index (χ2v) is 11.5. The molecule has 9 heteroatoms. The number of para-hydroxylation sites is 1. The molecule has 2 aromatic carbocycles. The van der Waals surface area contributed by atoms with Gasteiger partial charge in [-0.2, -0.15) is 0 Å². The number of aromatic nitrogens is 1. The normalized spacial score (nSPS) is 23.7. The van der Waals surface area contributed by atoms with Gasteiger partial charge in [-0.15, -0.1) is 0 Å².